The molecular formula is C16H17BFNO. The molecule has 0 atom stereocenters. The molecule has 1 aliphatic heterocycles. The summed E-state index contributed by atoms with van der Waals surface area (Å²) in [6.45, 7) is 1.39. The average Bonchev–Trinajstić information content (AvgIpc) is 2.88. The van der Waals surface area contributed by atoms with E-state index in [1.807, 2.05) is 13.1 Å². The normalized spacial score (nSPS) is 13.6. The van der Waals surface area contributed by atoms with Gasteiger partial charge in [-0.2, -0.15) is 0 Å². The van der Waals surface area contributed by atoms with Gasteiger partial charge in [0, 0.05) is 0 Å². The molecule has 0 fully saturated rings. The van der Waals surface area contributed by atoms with E-state index in [1.54, 1.807) is 6.07 Å². The third-order valence-electron chi connectivity index (χ3n) is 3.74. The van der Waals surface area contributed by atoms with Crippen molar-refractivity contribution in [2.24, 2.45) is 0 Å². The van der Waals surface area contributed by atoms with E-state index in [2.05, 4.69) is 29.6 Å². The first-order valence-corrected chi connectivity index (χ1v) is 6.91. The van der Waals surface area contributed by atoms with Gasteiger partial charge in [0.1, 0.15) is 5.82 Å². The summed E-state index contributed by atoms with van der Waals surface area (Å²) in [5.41, 5.74) is 4.47. The molecule has 0 saturated heterocycles. The van der Waals surface area contributed by atoms with Crippen LogP contribution in [0.25, 0.3) is 0 Å². The number of likely N-dealkylation sites (N-methyl/N-ethyl adjacent to an activating group) is 1. The molecular weight excluding hydrogens is 252 g/mol. The fourth-order valence-electron chi connectivity index (χ4n) is 2.62. The van der Waals surface area contributed by atoms with E-state index in [1.165, 1.54) is 11.6 Å². The molecule has 2 aromatic rings. The molecule has 2 nitrogen and oxygen atoms in total. The topological polar surface area (TPSA) is 21.3 Å². The Bertz CT molecular complexity index is 600. The van der Waals surface area contributed by atoms with Crippen LogP contribution in [-0.2, 0) is 17.7 Å². The molecule has 1 aliphatic rings. The third-order valence-corrected chi connectivity index (χ3v) is 3.74. The summed E-state index contributed by atoms with van der Waals surface area (Å²) < 4.78 is 19.0. The standard InChI is InChI=1S/C16H17BFNO/c1-19-9-8-12-2-4-14(5-3-12)17-16-7-6-15(18)10-13(16)11-20-17/h2-7,10,19H,8-9,11H2,1H3. The minimum Gasteiger partial charge on any atom is -0.423 e. The third kappa shape index (κ3) is 2.62. The highest BCUT2D eigenvalue weighted by Crippen LogP contribution is 2.13. The van der Waals surface area contributed by atoms with E-state index in [0.29, 0.717) is 6.61 Å². The van der Waals surface area contributed by atoms with Crippen molar-refractivity contribution in [1.82, 2.24) is 5.32 Å². The van der Waals surface area contributed by atoms with Gasteiger partial charge in [-0.3, -0.25) is 0 Å². The van der Waals surface area contributed by atoms with Gasteiger partial charge in [-0.15, -0.1) is 0 Å². The van der Waals surface area contributed by atoms with Gasteiger partial charge in [0.15, 0.2) is 0 Å². The molecule has 0 aromatic heterocycles. The van der Waals surface area contributed by atoms with Crippen LogP contribution in [0.15, 0.2) is 42.5 Å². The van der Waals surface area contributed by atoms with Crippen molar-refractivity contribution in [3.8, 4) is 0 Å². The maximum atomic E-state index is 13.2. The Morgan fingerprint density at radius 2 is 2.00 bits per heavy atom. The summed E-state index contributed by atoms with van der Waals surface area (Å²) >= 11 is 0. The lowest BCUT2D eigenvalue weighted by molar-refractivity contribution is 0.336. The number of halogens is 1. The maximum Gasteiger partial charge on any atom is 0.362 e. The van der Waals surface area contributed by atoms with Gasteiger partial charge in [-0.05, 0) is 54.2 Å². The van der Waals surface area contributed by atoms with Gasteiger partial charge >= 0.3 is 6.92 Å². The smallest absolute Gasteiger partial charge is 0.362 e. The molecule has 0 aliphatic carbocycles. The van der Waals surface area contributed by atoms with Crippen molar-refractivity contribution in [3.05, 3.63) is 59.4 Å². The Kier molecular flexibility index (Phi) is 3.85. The molecule has 0 unspecified atom stereocenters. The molecule has 0 spiro atoms. The van der Waals surface area contributed by atoms with Crippen molar-refractivity contribution in [1.29, 1.82) is 0 Å². The Morgan fingerprint density at radius 3 is 2.75 bits per heavy atom. The van der Waals surface area contributed by atoms with Crippen molar-refractivity contribution in [2.75, 3.05) is 13.6 Å². The van der Waals surface area contributed by atoms with Crippen molar-refractivity contribution in [3.63, 3.8) is 0 Å². The second kappa shape index (κ2) is 5.77. The van der Waals surface area contributed by atoms with E-state index in [-0.39, 0.29) is 12.7 Å². The first kappa shape index (κ1) is 13.3. The highest BCUT2D eigenvalue weighted by Gasteiger charge is 2.29. The predicted molar refractivity (Wildman–Crippen MR) is 80.3 cm³/mol. The van der Waals surface area contributed by atoms with E-state index >= 15 is 0 Å². The van der Waals surface area contributed by atoms with E-state index in [9.17, 15) is 4.39 Å². The second-order valence-corrected chi connectivity index (χ2v) is 5.13. The molecule has 1 N–H and O–H groups in total. The van der Waals surface area contributed by atoms with Crippen molar-refractivity contribution in [2.45, 2.75) is 13.0 Å². The minimum atomic E-state index is -0.199. The lowest BCUT2D eigenvalue weighted by Gasteiger charge is -2.08. The number of rotatable bonds is 4. The largest absolute Gasteiger partial charge is 0.423 e. The molecule has 1 heterocycles. The summed E-state index contributed by atoms with van der Waals surface area (Å²) in [7, 11) is 1.96. The molecule has 102 valence electrons. The van der Waals surface area contributed by atoms with Crippen LogP contribution in [0.5, 0.6) is 0 Å². The molecule has 4 heteroatoms. The summed E-state index contributed by atoms with van der Waals surface area (Å²) in [6, 6.07) is 13.4. The average molecular weight is 269 g/mol. The summed E-state index contributed by atoms with van der Waals surface area (Å²) in [5, 5.41) is 3.14. The van der Waals surface area contributed by atoms with Gasteiger partial charge in [0.05, 0.1) is 6.61 Å². The number of hydrogen-bond acceptors (Lipinski definition) is 2. The number of benzene rings is 2. The fourth-order valence-corrected chi connectivity index (χ4v) is 2.62. The Labute approximate surface area is 119 Å². The summed E-state index contributed by atoms with van der Waals surface area (Å²) in [5.74, 6) is -0.199. The Hall–Kier alpha value is -1.65. The highest BCUT2D eigenvalue weighted by molar-refractivity contribution is 6.81. The van der Waals surface area contributed by atoms with Gasteiger partial charge in [-0.1, -0.05) is 30.3 Å². The molecule has 20 heavy (non-hydrogen) atoms. The molecule has 0 amide bonds. The lowest BCUT2D eigenvalue weighted by atomic mass is 9.56. The van der Waals surface area contributed by atoms with Crippen molar-refractivity contribution < 1.29 is 9.04 Å². The number of fused-ring (bicyclic) bond motifs is 1. The summed E-state index contributed by atoms with van der Waals surface area (Å²) in [4.78, 5) is 0. The SMILES string of the molecule is CNCCc1ccc(B2OCc3cc(F)ccc32)cc1. The Balaban J connectivity index is 1.81. The van der Waals surface area contributed by atoms with Crippen LogP contribution in [0.3, 0.4) is 0 Å². The van der Waals surface area contributed by atoms with Crippen LogP contribution < -0.4 is 16.2 Å². The Morgan fingerprint density at radius 1 is 1.20 bits per heavy atom. The lowest BCUT2D eigenvalue weighted by Crippen LogP contribution is -2.41. The maximum absolute atomic E-state index is 13.2. The molecule has 0 bridgehead atoms. The number of hydrogen-bond donors (Lipinski definition) is 1. The highest BCUT2D eigenvalue weighted by atomic mass is 19.1. The van der Waals surface area contributed by atoms with Crippen LogP contribution in [0.4, 0.5) is 4.39 Å². The fraction of sp³-hybridized carbons (Fsp3) is 0.250. The van der Waals surface area contributed by atoms with Gasteiger partial charge in [-0.25, -0.2) is 4.39 Å². The first-order valence-electron chi connectivity index (χ1n) is 6.91. The van der Waals surface area contributed by atoms with E-state index < -0.39 is 0 Å². The van der Waals surface area contributed by atoms with Crippen LogP contribution >= 0.6 is 0 Å². The van der Waals surface area contributed by atoms with Crippen LogP contribution in [-0.4, -0.2) is 20.5 Å². The quantitative estimate of drug-likeness (QED) is 0.843. The molecule has 2 aromatic carbocycles. The zero-order valence-corrected chi connectivity index (χ0v) is 11.5. The van der Waals surface area contributed by atoms with Gasteiger partial charge in [0.2, 0.25) is 0 Å². The number of nitrogens with one attached hydrogen (secondary N) is 1. The van der Waals surface area contributed by atoms with Gasteiger partial charge in [0.25, 0.3) is 0 Å². The molecule has 3 rings (SSSR count). The molecule has 0 radical (unpaired) electrons. The van der Waals surface area contributed by atoms with Gasteiger partial charge < -0.3 is 9.97 Å². The predicted octanol–water partition coefficient (Wildman–Crippen LogP) is 1.22. The monoisotopic (exact) mass is 269 g/mol. The van der Waals surface area contributed by atoms with Crippen LogP contribution in [0.2, 0.25) is 0 Å². The van der Waals surface area contributed by atoms with Crippen molar-refractivity contribution >= 4 is 17.8 Å². The molecule has 0 saturated carbocycles. The second-order valence-electron chi connectivity index (χ2n) is 5.13. The summed E-state index contributed by atoms with van der Waals surface area (Å²) in [6.07, 6.45) is 1.02. The van der Waals surface area contributed by atoms with E-state index in [0.717, 1.165) is 29.5 Å². The zero-order valence-electron chi connectivity index (χ0n) is 11.5. The zero-order chi connectivity index (χ0) is 13.9. The van der Waals surface area contributed by atoms with Crippen LogP contribution in [0, 0.1) is 5.82 Å². The van der Waals surface area contributed by atoms with E-state index in [4.69, 9.17) is 4.65 Å². The first-order chi connectivity index (χ1) is 9.78. The van der Waals surface area contributed by atoms with Crippen LogP contribution in [0.1, 0.15) is 11.1 Å². The minimum absolute atomic E-state index is 0.0658.